The number of sulfonamides is 1. The summed E-state index contributed by atoms with van der Waals surface area (Å²) < 4.78 is 40.9. The van der Waals surface area contributed by atoms with Crippen molar-refractivity contribution in [2.75, 3.05) is 27.7 Å². The van der Waals surface area contributed by atoms with Gasteiger partial charge >= 0.3 is 0 Å². The minimum Gasteiger partial charge on any atom is -0.316 e. The Morgan fingerprint density at radius 2 is 1.90 bits per heavy atom. The van der Waals surface area contributed by atoms with Crippen molar-refractivity contribution in [3.05, 3.63) is 29.6 Å². The molecule has 0 bridgehead atoms. The molecule has 7 heteroatoms. The van der Waals surface area contributed by atoms with E-state index in [1.54, 1.807) is 13.1 Å². The molecule has 0 radical (unpaired) electrons. The van der Waals surface area contributed by atoms with Crippen LogP contribution in [0.25, 0.3) is 0 Å². The van der Waals surface area contributed by atoms with Crippen LogP contribution in [0.3, 0.4) is 0 Å². The van der Waals surface area contributed by atoms with E-state index in [2.05, 4.69) is 10.0 Å². The number of likely N-dealkylation sites (N-methyl/N-ethyl adjacent to an activating group) is 1. The van der Waals surface area contributed by atoms with Crippen LogP contribution in [0.1, 0.15) is 19.4 Å². The van der Waals surface area contributed by atoms with Crippen LogP contribution in [-0.2, 0) is 16.6 Å². The molecular weight excluding hydrogens is 293 g/mol. The fraction of sp³-hybridized carbons (Fsp3) is 0.571. The summed E-state index contributed by atoms with van der Waals surface area (Å²) >= 11 is 0. The first-order chi connectivity index (χ1) is 9.60. The number of hydrogen-bond donors (Lipinski definition) is 2. The molecule has 0 amide bonds. The van der Waals surface area contributed by atoms with Gasteiger partial charge in [-0.1, -0.05) is 6.07 Å². The topological polar surface area (TPSA) is 61.4 Å². The van der Waals surface area contributed by atoms with Gasteiger partial charge in [0.05, 0.1) is 0 Å². The van der Waals surface area contributed by atoms with Crippen LogP contribution in [-0.4, -0.2) is 46.5 Å². The Balaban J connectivity index is 2.93. The van der Waals surface area contributed by atoms with Gasteiger partial charge < -0.3 is 10.2 Å². The van der Waals surface area contributed by atoms with Gasteiger partial charge in [0, 0.05) is 18.6 Å². The molecule has 0 fully saturated rings. The SMILES string of the molecule is CNCc1ccc(S(=O)(=O)NCC(C)(C)N(C)C)c(F)c1. The van der Waals surface area contributed by atoms with E-state index in [1.165, 1.54) is 12.1 Å². The Hall–Kier alpha value is -1.02. The number of rotatable bonds is 7. The van der Waals surface area contributed by atoms with E-state index in [-0.39, 0.29) is 17.0 Å². The molecule has 1 rings (SSSR count). The fourth-order valence-corrected chi connectivity index (χ4v) is 2.85. The van der Waals surface area contributed by atoms with Crippen molar-refractivity contribution in [2.24, 2.45) is 0 Å². The van der Waals surface area contributed by atoms with Crippen molar-refractivity contribution >= 4 is 10.0 Å². The molecule has 0 saturated heterocycles. The van der Waals surface area contributed by atoms with Crippen molar-refractivity contribution in [3.8, 4) is 0 Å². The summed E-state index contributed by atoms with van der Waals surface area (Å²) in [6.07, 6.45) is 0. The second-order valence-electron chi connectivity index (χ2n) is 5.83. The third-order valence-electron chi connectivity index (χ3n) is 3.57. The molecule has 0 aliphatic carbocycles. The highest BCUT2D eigenvalue weighted by Gasteiger charge is 2.25. The molecule has 120 valence electrons. The number of nitrogens with one attached hydrogen (secondary N) is 2. The smallest absolute Gasteiger partial charge is 0.243 e. The van der Waals surface area contributed by atoms with Gasteiger partial charge in [-0.05, 0) is 52.7 Å². The van der Waals surface area contributed by atoms with Gasteiger partial charge in [-0.15, -0.1) is 0 Å². The van der Waals surface area contributed by atoms with Crippen LogP contribution in [0.5, 0.6) is 0 Å². The predicted molar refractivity (Wildman–Crippen MR) is 82.1 cm³/mol. The Morgan fingerprint density at radius 3 is 2.38 bits per heavy atom. The summed E-state index contributed by atoms with van der Waals surface area (Å²) in [7, 11) is 1.61. The minimum absolute atomic E-state index is 0.194. The van der Waals surface area contributed by atoms with Crippen LogP contribution < -0.4 is 10.0 Å². The van der Waals surface area contributed by atoms with E-state index in [9.17, 15) is 12.8 Å². The molecule has 0 spiro atoms. The van der Waals surface area contributed by atoms with Gasteiger partial charge in [0.2, 0.25) is 10.0 Å². The zero-order chi connectivity index (χ0) is 16.3. The number of halogens is 1. The molecule has 0 saturated carbocycles. The Kier molecular flexibility index (Phi) is 5.86. The maximum Gasteiger partial charge on any atom is 0.243 e. The first kappa shape index (κ1) is 18.0. The highest BCUT2D eigenvalue weighted by Crippen LogP contribution is 2.17. The van der Waals surface area contributed by atoms with Crippen molar-refractivity contribution in [1.29, 1.82) is 0 Å². The summed E-state index contributed by atoms with van der Waals surface area (Å²) in [5.74, 6) is -0.738. The molecule has 1 aromatic carbocycles. The Labute approximate surface area is 126 Å². The lowest BCUT2D eigenvalue weighted by Crippen LogP contribution is -2.48. The van der Waals surface area contributed by atoms with E-state index in [4.69, 9.17) is 0 Å². The van der Waals surface area contributed by atoms with E-state index in [0.29, 0.717) is 12.1 Å². The number of benzene rings is 1. The molecule has 0 heterocycles. The van der Waals surface area contributed by atoms with Crippen molar-refractivity contribution < 1.29 is 12.8 Å². The molecule has 21 heavy (non-hydrogen) atoms. The monoisotopic (exact) mass is 317 g/mol. The van der Waals surface area contributed by atoms with Crippen molar-refractivity contribution in [1.82, 2.24) is 14.9 Å². The van der Waals surface area contributed by atoms with Crippen molar-refractivity contribution in [2.45, 2.75) is 30.8 Å². The first-order valence-corrected chi connectivity index (χ1v) is 8.18. The maximum absolute atomic E-state index is 14.0. The minimum atomic E-state index is -3.86. The van der Waals surface area contributed by atoms with Crippen molar-refractivity contribution in [3.63, 3.8) is 0 Å². The fourth-order valence-electron chi connectivity index (χ4n) is 1.58. The second kappa shape index (κ2) is 6.83. The third-order valence-corrected chi connectivity index (χ3v) is 5.01. The maximum atomic E-state index is 14.0. The van der Waals surface area contributed by atoms with Gasteiger partial charge in [-0.2, -0.15) is 0 Å². The third kappa shape index (κ3) is 4.74. The van der Waals surface area contributed by atoms with Crippen LogP contribution in [0.2, 0.25) is 0 Å². The zero-order valence-electron chi connectivity index (χ0n) is 13.2. The van der Waals surface area contributed by atoms with Gasteiger partial charge in [0.15, 0.2) is 0 Å². The molecule has 0 aromatic heterocycles. The largest absolute Gasteiger partial charge is 0.316 e. The molecule has 5 nitrogen and oxygen atoms in total. The Morgan fingerprint density at radius 1 is 1.29 bits per heavy atom. The summed E-state index contributed by atoms with van der Waals surface area (Å²) in [6.45, 7) is 4.49. The summed E-state index contributed by atoms with van der Waals surface area (Å²) in [6, 6.07) is 4.14. The van der Waals surface area contributed by atoms with Gasteiger partial charge in [-0.25, -0.2) is 17.5 Å². The number of hydrogen-bond acceptors (Lipinski definition) is 4. The standard InChI is InChI=1S/C14H24FN3O2S/c1-14(2,18(4)5)10-17-21(19,20)13-7-6-11(9-16-3)8-12(13)15/h6-8,16-17H,9-10H2,1-5H3. The van der Waals surface area contributed by atoms with Gasteiger partial charge in [-0.3, -0.25) is 0 Å². The molecular formula is C14H24FN3O2S. The average molecular weight is 317 g/mol. The van der Waals surface area contributed by atoms with Gasteiger partial charge in [0.25, 0.3) is 0 Å². The van der Waals surface area contributed by atoms with Crippen LogP contribution in [0, 0.1) is 5.82 Å². The van der Waals surface area contributed by atoms with E-state index in [1.807, 2.05) is 32.8 Å². The molecule has 0 atom stereocenters. The van der Waals surface area contributed by atoms with Crippen LogP contribution in [0.15, 0.2) is 23.1 Å². The molecule has 2 N–H and O–H groups in total. The molecule has 0 aliphatic heterocycles. The lowest BCUT2D eigenvalue weighted by Gasteiger charge is -2.32. The molecule has 0 aliphatic rings. The molecule has 0 unspecified atom stereocenters. The lowest BCUT2D eigenvalue weighted by molar-refractivity contribution is 0.199. The van der Waals surface area contributed by atoms with Gasteiger partial charge in [0.1, 0.15) is 10.7 Å². The average Bonchev–Trinajstić information content (AvgIpc) is 2.36. The predicted octanol–water partition coefficient (Wildman–Crippen LogP) is 1.16. The molecule has 1 aromatic rings. The highest BCUT2D eigenvalue weighted by molar-refractivity contribution is 7.89. The normalized spacial score (nSPS) is 12.9. The lowest BCUT2D eigenvalue weighted by atomic mass is 10.1. The van der Waals surface area contributed by atoms with E-state index < -0.39 is 15.8 Å². The first-order valence-electron chi connectivity index (χ1n) is 6.70. The summed E-state index contributed by atoms with van der Waals surface area (Å²) in [5.41, 5.74) is 0.331. The number of nitrogens with zero attached hydrogens (tertiary/aromatic N) is 1. The van der Waals surface area contributed by atoms with Crippen LogP contribution in [0.4, 0.5) is 4.39 Å². The van der Waals surface area contributed by atoms with E-state index >= 15 is 0 Å². The summed E-state index contributed by atoms with van der Waals surface area (Å²) in [4.78, 5) is 1.58. The van der Waals surface area contributed by atoms with E-state index in [0.717, 1.165) is 0 Å². The highest BCUT2D eigenvalue weighted by atomic mass is 32.2. The summed E-state index contributed by atoms with van der Waals surface area (Å²) in [5, 5.41) is 2.89. The zero-order valence-corrected chi connectivity index (χ0v) is 14.0. The van der Waals surface area contributed by atoms with Crippen LogP contribution >= 0.6 is 0 Å². The second-order valence-corrected chi connectivity index (χ2v) is 7.56. The quantitative estimate of drug-likeness (QED) is 0.792. The Bertz CT molecular complexity index is 586.